The summed E-state index contributed by atoms with van der Waals surface area (Å²) in [4.78, 5) is 0. The van der Waals surface area contributed by atoms with Crippen LogP contribution in [0.25, 0.3) is 0 Å². The Kier molecular flexibility index (Phi) is 2.18. The van der Waals surface area contributed by atoms with E-state index in [0.717, 1.165) is 22.9 Å². The van der Waals surface area contributed by atoms with Gasteiger partial charge in [-0.05, 0) is 37.5 Å². The topological polar surface area (TPSA) is 0 Å². The molecule has 1 aromatic rings. The number of hydrogen-bond acceptors (Lipinski definition) is 0. The van der Waals surface area contributed by atoms with Gasteiger partial charge in [0.05, 0.1) is 0 Å². The second-order valence-corrected chi connectivity index (χ2v) is 4.70. The van der Waals surface area contributed by atoms with Crippen LogP contribution in [0.4, 0.5) is 4.39 Å². The Balaban J connectivity index is 2.35. The van der Waals surface area contributed by atoms with Crippen LogP contribution >= 0.6 is 15.9 Å². The molecule has 1 fully saturated rings. The van der Waals surface area contributed by atoms with Gasteiger partial charge in [0.15, 0.2) is 0 Å². The van der Waals surface area contributed by atoms with Gasteiger partial charge in [0.2, 0.25) is 0 Å². The van der Waals surface area contributed by atoms with Gasteiger partial charge in [-0.3, -0.25) is 0 Å². The van der Waals surface area contributed by atoms with Crippen molar-refractivity contribution in [3.63, 3.8) is 0 Å². The zero-order valence-corrected chi connectivity index (χ0v) is 9.14. The maximum absolute atomic E-state index is 13.3. The molecular weight excluding hydrogens is 231 g/mol. The first-order valence-corrected chi connectivity index (χ1v) is 5.34. The second-order valence-electron chi connectivity index (χ2n) is 3.78. The number of benzene rings is 1. The smallest absolute Gasteiger partial charge is 0.107 e. The molecule has 0 aliphatic heterocycles. The molecule has 0 bridgehead atoms. The van der Waals surface area contributed by atoms with Crippen LogP contribution in [0.1, 0.15) is 25.3 Å². The predicted molar refractivity (Wildman–Crippen MR) is 55.6 cm³/mol. The summed E-state index contributed by atoms with van der Waals surface area (Å²) in [5.74, 6) is 0. The molecule has 0 spiro atoms. The van der Waals surface area contributed by atoms with Crippen LogP contribution in [0.3, 0.4) is 0 Å². The Morgan fingerprint density at radius 1 is 1.46 bits per heavy atom. The molecule has 13 heavy (non-hydrogen) atoms. The highest BCUT2D eigenvalue weighted by Crippen LogP contribution is 2.52. The van der Waals surface area contributed by atoms with Crippen molar-refractivity contribution >= 4 is 15.9 Å². The van der Waals surface area contributed by atoms with Gasteiger partial charge in [-0.25, -0.2) is 4.39 Å². The highest BCUT2D eigenvalue weighted by Gasteiger charge is 2.49. The van der Waals surface area contributed by atoms with E-state index < -0.39 is 6.17 Å². The molecule has 1 saturated carbocycles. The Bertz CT molecular complexity index is 316. The van der Waals surface area contributed by atoms with Crippen LogP contribution < -0.4 is 0 Å². The summed E-state index contributed by atoms with van der Waals surface area (Å²) in [6.45, 7) is 1.66. The Labute approximate surface area is 86.3 Å². The van der Waals surface area contributed by atoms with E-state index in [1.54, 1.807) is 6.92 Å². The van der Waals surface area contributed by atoms with Crippen molar-refractivity contribution in [2.45, 2.75) is 31.4 Å². The number of alkyl halides is 1. The number of rotatable bonds is 2. The third-order valence-corrected chi connectivity index (χ3v) is 3.44. The summed E-state index contributed by atoms with van der Waals surface area (Å²) < 4.78 is 14.4. The van der Waals surface area contributed by atoms with Crippen molar-refractivity contribution in [1.82, 2.24) is 0 Å². The molecule has 1 aliphatic carbocycles. The molecule has 0 aromatic heterocycles. The highest BCUT2D eigenvalue weighted by molar-refractivity contribution is 9.10. The fourth-order valence-electron chi connectivity index (χ4n) is 1.85. The third-order valence-electron chi connectivity index (χ3n) is 2.95. The molecule has 0 amide bonds. The minimum absolute atomic E-state index is 0.163. The third kappa shape index (κ3) is 1.52. The molecule has 0 saturated heterocycles. The summed E-state index contributed by atoms with van der Waals surface area (Å²) >= 11 is 3.41. The van der Waals surface area contributed by atoms with E-state index in [2.05, 4.69) is 15.9 Å². The molecule has 2 rings (SSSR count). The minimum atomic E-state index is -0.734. The van der Waals surface area contributed by atoms with Crippen LogP contribution in [0, 0.1) is 0 Å². The minimum Gasteiger partial charge on any atom is -0.247 e. The Hall–Kier alpha value is -0.370. The normalized spacial score (nSPS) is 21.2. The molecule has 2 heteroatoms. The SMILES string of the molecule is CC(F)C1(c2cccc(Br)c2)CC1. The van der Waals surface area contributed by atoms with E-state index in [9.17, 15) is 4.39 Å². The molecule has 0 N–H and O–H groups in total. The monoisotopic (exact) mass is 242 g/mol. The van der Waals surface area contributed by atoms with Gasteiger partial charge in [-0.1, -0.05) is 28.1 Å². The Morgan fingerprint density at radius 3 is 2.62 bits per heavy atom. The van der Waals surface area contributed by atoms with Crippen molar-refractivity contribution in [2.75, 3.05) is 0 Å². The fourth-order valence-corrected chi connectivity index (χ4v) is 2.25. The summed E-state index contributed by atoms with van der Waals surface area (Å²) in [6.07, 6.45) is 1.24. The highest BCUT2D eigenvalue weighted by atomic mass is 79.9. The summed E-state index contributed by atoms with van der Waals surface area (Å²) in [5.41, 5.74) is 0.973. The summed E-state index contributed by atoms with van der Waals surface area (Å²) in [5, 5.41) is 0. The molecule has 0 heterocycles. The van der Waals surface area contributed by atoms with Crippen LogP contribution in [0.2, 0.25) is 0 Å². The Morgan fingerprint density at radius 2 is 2.15 bits per heavy atom. The quantitative estimate of drug-likeness (QED) is 0.740. The van der Waals surface area contributed by atoms with Gasteiger partial charge in [0.25, 0.3) is 0 Å². The van der Waals surface area contributed by atoms with Crippen molar-refractivity contribution in [1.29, 1.82) is 0 Å². The van der Waals surface area contributed by atoms with Crippen molar-refractivity contribution in [3.8, 4) is 0 Å². The molecule has 1 atom stereocenters. The molecule has 1 aromatic carbocycles. The average Bonchev–Trinajstić information content (AvgIpc) is 2.83. The van der Waals surface area contributed by atoms with Crippen molar-refractivity contribution in [2.24, 2.45) is 0 Å². The molecule has 1 unspecified atom stereocenters. The lowest BCUT2D eigenvalue weighted by Crippen LogP contribution is -2.18. The molecule has 0 radical (unpaired) electrons. The lowest BCUT2D eigenvalue weighted by atomic mass is 9.92. The fraction of sp³-hybridized carbons (Fsp3) is 0.455. The van der Waals surface area contributed by atoms with E-state index in [1.807, 2.05) is 24.3 Å². The van der Waals surface area contributed by atoms with E-state index in [-0.39, 0.29) is 5.41 Å². The number of halogens is 2. The van der Waals surface area contributed by atoms with Crippen LogP contribution in [-0.4, -0.2) is 6.17 Å². The summed E-state index contributed by atoms with van der Waals surface area (Å²) in [7, 11) is 0. The van der Waals surface area contributed by atoms with Crippen LogP contribution in [0.5, 0.6) is 0 Å². The van der Waals surface area contributed by atoms with Crippen molar-refractivity contribution in [3.05, 3.63) is 34.3 Å². The first kappa shape index (κ1) is 9.20. The zero-order valence-electron chi connectivity index (χ0n) is 7.56. The zero-order chi connectivity index (χ0) is 9.47. The lowest BCUT2D eigenvalue weighted by molar-refractivity contribution is 0.290. The van der Waals surface area contributed by atoms with E-state index in [1.165, 1.54) is 0 Å². The van der Waals surface area contributed by atoms with Crippen LogP contribution in [0.15, 0.2) is 28.7 Å². The van der Waals surface area contributed by atoms with Gasteiger partial charge in [-0.2, -0.15) is 0 Å². The molecule has 0 nitrogen and oxygen atoms in total. The first-order valence-electron chi connectivity index (χ1n) is 4.55. The van der Waals surface area contributed by atoms with Crippen LogP contribution in [-0.2, 0) is 5.41 Å². The van der Waals surface area contributed by atoms with Gasteiger partial charge in [0, 0.05) is 9.89 Å². The number of hydrogen-bond donors (Lipinski definition) is 0. The van der Waals surface area contributed by atoms with Crippen molar-refractivity contribution < 1.29 is 4.39 Å². The standard InChI is InChI=1S/C11H12BrF/c1-8(13)11(5-6-11)9-3-2-4-10(12)7-9/h2-4,7-8H,5-6H2,1H3. The molecule has 70 valence electrons. The van der Waals surface area contributed by atoms with Gasteiger partial charge in [-0.15, -0.1) is 0 Å². The van der Waals surface area contributed by atoms with Gasteiger partial charge < -0.3 is 0 Å². The first-order chi connectivity index (χ1) is 6.15. The molecular formula is C11H12BrF. The second kappa shape index (κ2) is 3.09. The lowest BCUT2D eigenvalue weighted by Gasteiger charge is -2.17. The average molecular weight is 243 g/mol. The van der Waals surface area contributed by atoms with E-state index in [0.29, 0.717) is 0 Å². The maximum Gasteiger partial charge on any atom is 0.107 e. The largest absolute Gasteiger partial charge is 0.247 e. The van der Waals surface area contributed by atoms with E-state index >= 15 is 0 Å². The summed E-state index contributed by atoms with van der Waals surface area (Å²) in [6, 6.07) is 8.00. The predicted octanol–water partition coefficient (Wildman–Crippen LogP) is 3.84. The van der Waals surface area contributed by atoms with Gasteiger partial charge in [0.1, 0.15) is 6.17 Å². The van der Waals surface area contributed by atoms with E-state index in [4.69, 9.17) is 0 Å². The van der Waals surface area contributed by atoms with Gasteiger partial charge >= 0.3 is 0 Å². The molecule has 1 aliphatic rings. The maximum atomic E-state index is 13.3.